The Kier molecular flexibility index (Phi) is 15.7. The van der Waals surface area contributed by atoms with Crippen molar-refractivity contribution in [1.29, 1.82) is 0 Å². The predicted molar refractivity (Wildman–Crippen MR) is 466 cm³/mol. The van der Waals surface area contributed by atoms with E-state index >= 15 is 0 Å². The second-order valence-electron chi connectivity index (χ2n) is 28.6. The lowest BCUT2D eigenvalue weighted by atomic mass is 9.30. The Labute approximate surface area is 643 Å². The number of para-hydroxylation sites is 10. The average molecular weight is 1400 g/mol. The Balaban J connectivity index is 0.921. The highest BCUT2D eigenvalue weighted by atomic mass is 15.2. The zero-order valence-corrected chi connectivity index (χ0v) is 60.3. The first kappa shape index (κ1) is 64.1. The third-order valence-electron chi connectivity index (χ3n) is 22.5. The molecule has 0 unspecified atom stereocenters. The molecule has 8 heteroatoms. The molecule has 0 saturated carbocycles. The van der Waals surface area contributed by atoms with Crippen molar-refractivity contribution < 1.29 is 0 Å². The van der Waals surface area contributed by atoms with Crippen LogP contribution in [0.3, 0.4) is 0 Å². The minimum absolute atomic E-state index is 0.259. The molecule has 0 aliphatic carbocycles. The van der Waals surface area contributed by atoms with Crippen LogP contribution in [0.25, 0.3) is 44.5 Å². The van der Waals surface area contributed by atoms with Crippen molar-refractivity contribution in [2.75, 3.05) is 29.4 Å². The molecule has 4 heterocycles. The van der Waals surface area contributed by atoms with Gasteiger partial charge in [0.05, 0.1) is 22.7 Å². The molecule has 17 aromatic rings. The van der Waals surface area contributed by atoms with E-state index in [9.17, 15) is 0 Å². The van der Waals surface area contributed by atoms with Crippen LogP contribution in [-0.2, 0) is 0 Å². The van der Waals surface area contributed by atoms with Gasteiger partial charge in [-0.1, -0.05) is 309 Å². The van der Waals surface area contributed by atoms with Crippen LogP contribution in [-0.4, -0.2) is 13.4 Å². The lowest BCUT2D eigenvalue weighted by Gasteiger charge is -2.48. The van der Waals surface area contributed by atoms with Gasteiger partial charge in [0.15, 0.2) is 0 Å². The van der Waals surface area contributed by atoms with Gasteiger partial charge >= 0.3 is 0 Å². The SMILES string of the molecule is c1ccc(-c2cccc(-c3ccccc3)c2N(c2ccccc2)c2cc3c4c(c2)N(c2ccccc2)c2cc5c(cc2B4c2ccccc2N3c2ccccc2)B2c3ccccc3N(c3ccccc3)c3cc(N(c4ccccc4)c4ccccc4)cc(c32)N5c2c(-c3ccccc3)cccc2-c2ccccc2)cc1. The summed E-state index contributed by atoms with van der Waals surface area (Å²) in [6.07, 6.45) is 0. The van der Waals surface area contributed by atoms with E-state index in [1.165, 1.54) is 32.8 Å². The maximum absolute atomic E-state index is 2.69. The minimum Gasteiger partial charge on any atom is -0.311 e. The lowest BCUT2D eigenvalue weighted by molar-refractivity contribution is 1.21. The number of hydrogen-bond acceptors (Lipinski definition) is 6. The molecule has 0 saturated heterocycles. The molecule has 0 radical (unpaired) electrons. The van der Waals surface area contributed by atoms with E-state index in [0.717, 1.165) is 147 Å². The largest absolute Gasteiger partial charge is 0.311 e. The Morgan fingerprint density at radius 1 is 0.182 bits per heavy atom. The lowest BCUT2D eigenvalue weighted by Crippen LogP contribution is -2.65. The molecule has 4 aliphatic rings. The van der Waals surface area contributed by atoms with Crippen LogP contribution in [0, 0.1) is 0 Å². The van der Waals surface area contributed by atoms with Crippen LogP contribution in [0.15, 0.2) is 425 Å². The van der Waals surface area contributed by atoms with Crippen LogP contribution in [0.5, 0.6) is 0 Å². The summed E-state index contributed by atoms with van der Waals surface area (Å²) >= 11 is 0. The Morgan fingerprint density at radius 2 is 0.464 bits per heavy atom. The monoisotopic (exact) mass is 1400 g/mol. The number of nitrogens with zero attached hydrogens (tertiary/aromatic N) is 6. The molecule has 110 heavy (non-hydrogen) atoms. The van der Waals surface area contributed by atoms with Crippen molar-refractivity contribution in [2.45, 2.75) is 0 Å². The van der Waals surface area contributed by atoms with Gasteiger partial charge in [0.25, 0.3) is 13.4 Å². The average Bonchev–Trinajstić information content (AvgIpc) is 0.660. The predicted octanol–water partition coefficient (Wildman–Crippen LogP) is 23.5. The molecular formula is C102H70B2N6. The number of anilines is 18. The highest BCUT2D eigenvalue weighted by Gasteiger charge is 2.50. The Bertz CT molecular complexity index is 6150. The number of rotatable bonds is 14. The van der Waals surface area contributed by atoms with Gasteiger partial charge in [0.1, 0.15) is 0 Å². The molecule has 0 aromatic heterocycles. The van der Waals surface area contributed by atoms with E-state index in [0.29, 0.717) is 0 Å². The van der Waals surface area contributed by atoms with Gasteiger partial charge < -0.3 is 29.4 Å². The summed E-state index contributed by atoms with van der Waals surface area (Å²) in [6.45, 7) is -0.519. The molecule has 21 rings (SSSR count). The molecular weight excluding hydrogens is 1330 g/mol. The highest BCUT2D eigenvalue weighted by Crippen LogP contribution is 2.56. The van der Waals surface area contributed by atoms with Gasteiger partial charge in [0, 0.05) is 102 Å². The van der Waals surface area contributed by atoms with E-state index in [-0.39, 0.29) is 13.4 Å². The van der Waals surface area contributed by atoms with Gasteiger partial charge in [-0.25, -0.2) is 0 Å². The highest BCUT2D eigenvalue weighted by molar-refractivity contribution is 7.03. The van der Waals surface area contributed by atoms with Crippen LogP contribution in [0.1, 0.15) is 0 Å². The molecule has 514 valence electrons. The van der Waals surface area contributed by atoms with Gasteiger partial charge in [-0.3, -0.25) is 0 Å². The quantitative estimate of drug-likeness (QED) is 0.100. The molecule has 17 aromatic carbocycles. The van der Waals surface area contributed by atoms with Crippen molar-refractivity contribution in [2.24, 2.45) is 0 Å². The summed E-state index contributed by atoms with van der Waals surface area (Å²) in [6, 6.07) is 158. The maximum atomic E-state index is 2.69. The van der Waals surface area contributed by atoms with E-state index in [1.807, 2.05) is 0 Å². The van der Waals surface area contributed by atoms with E-state index in [4.69, 9.17) is 0 Å². The Hall–Kier alpha value is -14.3. The second kappa shape index (κ2) is 26.9. The summed E-state index contributed by atoms with van der Waals surface area (Å²) in [4.78, 5) is 15.4. The summed E-state index contributed by atoms with van der Waals surface area (Å²) < 4.78 is 0. The van der Waals surface area contributed by atoms with Crippen LogP contribution >= 0.6 is 0 Å². The van der Waals surface area contributed by atoms with Crippen LogP contribution in [0.4, 0.5) is 102 Å². The standard InChI is InChI=1S/C102H70B2N6/c1-11-37-71(38-12-1)83-57-35-58-84(72-39-13-2-14-40-72)101(83)106(77-49-23-7-24-50-77)82-67-96-99-97(68-82)109(80-55-29-10-30-56-80)93-70-94-90(69-89(93)103(99)87-61-31-33-63-91(87)108(96)79-53-27-9-28-54-79)104-88-62-32-34-64-92(88)107(78-51-25-8-26-52-78)95-65-81(105(75-45-19-5-20-46-75)76-47-21-6-22-48-76)66-98(100(95)104)110(94)102-85(73-41-15-3-16-42-73)59-36-60-86(102)74-43-17-4-18-44-74/h1-70H. The molecule has 0 N–H and O–H groups in total. The first-order valence-electron chi connectivity index (χ1n) is 38.0. The topological polar surface area (TPSA) is 19.4 Å². The van der Waals surface area contributed by atoms with E-state index < -0.39 is 0 Å². The van der Waals surface area contributed by atoms with Gasteiger partial charge in [-0.2, -0.15) is 0 Å². The molecule has 0 bridgehead atoms. The summed E-state index contributed by atoms with van der Waals surface area (Å²) in [5, 5.41) is 0. The zero-order valence-electron chi connectivity index (χ0n) is 60.3. The molecule has 0 fully saturated rings. The van der Waals surface area contributed by atoms with Crippen molar-refractivity contribution in [3.63, 3.8) is 0 Å². The fraction of sp³-hybridized carbons (Fsp3) is 0. The summed E-state index contributed by atoms with van der Waals surface area (Å²) in [7, 11) is 0. The van der Waals surface area contributed by atoms with Crippen molar-refractivity contribution >= 4 is 149 Å². The maximum Gasteiger partial charge on any atom is 0.252 e. The normalized spacial score (nSPS) is 12.6. The first-order valence-corrected chi connectivity index (χ1v) is 38.0. The minimum atomic E-state index is -0.260. The summed E-state index contributed by atoms with van der Waals surface area (Å²) in [5.74, 6) is 0. The molecule has 6 nitrogen and oxygen atoms in total. The van der Waals surface area contributed by atoms with Gasteiger partial charge in [0.2, 0.25) is 0 Å². The van der Waals surface area contributed by atoms with Crippen LogP contribution < -0.4 is 62.2 Å². The van der Waals surface area contributed by atoms with Crippen molar-refractivity contribution in [3.05, 3.63) is 425 Å². The number of hydrogen-bond donors (Lipinski definition) is 0. The fourth-order valence-electron chi connectivity index (χ4n) is 18.0. The second-order valence-corrected chi connectivity index (χ2v) is 28.6. The summed E-state index contributed by atoms with van der Waals surface area (Å²) in [5.41, 5.74) is 35.6. The van der Waals surface area contributed by atoms with Gasteiger partial charge in [-0.05, 0) is 170 Å². The molecule has 4 aliphatic heterocycles. The first-order chi connectivity index (χ1) is 54.7. The number of fused-ring (bicyclic) bond motifs is 8. The van der Waals surface area contributed by atoms with E-state index in [2.05, 4.69) is 454 Å². The number of benzene rings is 17. The molecule has 0 amide bonds. The molecule has 0 atom stereocenters. The third kappa shape index (κ3) is 10.6. The van der Waals surface area contributed by atoms with Gasteiger partial charge in [-0.15, -0.1) is 0 Å². The fourth-order valence-corrected chi connectivity index (χ4v) is 18.0. The van der Waals surface area contributed by atoms with E-state index in [1.54, 1.807) is 0 Å². The van der Waals surface area contributed by atoms with Crippen LogP contribution in [0.2, 0.25) is 0 Å². The van der Waals surface area contributed by atoms with Crippen molar-refractivity contribution in [3.8, 4) is 44.5 Å². The van der Waals surface area contributed by atoms with Crippen molar-refractivity contribution in [1.82, 2.24) is 0 Å². The molecule has 0 spiro atoms. The Morgan fingerprint density at radius 3 is 0.845 bits per heavy atom. The third-order valence-corrected chi connectivity index (χ3v) is 22.5. The smallest absolute Gasteiger partial charge is 0.252 e. The zero-order chi connectivity index (χ0) is 72.6.